The van der Waals surface area contributed by atoms with E-state index >= 15 is 0 Å². The molecule has 1 unspecified atom stereocenters. The molecule has 3 aromatic rings. The van der Waals surface area contributed by atoms with Crippen molar-refractivity contribution in [3.63, 3.8) is 0 Å². The van der Waals surface area contributed by atoms with Gasteiger partial charge in [-0.25, -0.2) is 4.68 Å². The van der Waals surface area contributed by atoms with Crippen molar-refractivity contribution in [2.75, 3.05) is 0 Å². The third-order valence-electron chi connectivity index (χ3n) is 3.91. The normalized spacial score (nSPS) is 13.5. The summed E-state index contributed by atoms with van der Waals surface area (Å²) in [5.41, 5.74) is 0.530. The van der Waals surface area contributed by atoms with Crippen LogP contribution in [0.5, 0.6) is 0 Å². The number of nitrogens with zero attached hydrogens (tertiary/aromatic N) is 4. The monoisotopic (exact) mass is 408 g/mol. The predicted octanol–water partition coefficient (Wildman–Crippen LogP) is 2.00. The third-order valence-corrected chi connectivity index (χ3v) is 5.48. The Morgan fingerprint density at radius 3 is 2.74 bits per heavy atom. The second kappa shape index (κ2) is 8.22. The van der Waals surface area contributed by atoms with Gasteiger partial charge in [-0.2, -0.15) is 10.1 Å². The van der Waals surface area contributed by atoms with E-state index in [1.165, 1.54) is 10.9 Å². The highest BCUT2D eigenvalue weighted by molar-refractivity contribution is 7.90. The first kappa shape index (κ1) is 19.6. The van der Waals surface area contributed by atoms with Crippen molar-refractivity contribution in [1.29, 1.82) is 0 Å². The summed E-state index contributed by atoms with van der Waals surface area (Å²) in [7, 11) is 0. The molecule has 0 amide bonds. The number of halogens is 1. The molecule has 0 saturated carbocycles. The summed E-state index contributed by atoms with van der Waals surface area (Å²) in [5.74, 6) is 0.522. The first-order valence-electron chi connectivity index (χ1n) is 8.05. The molecule has 0 aliphatic carbocycles. The Hall–Kier alpha value is -2.20. The van der Waals surface area contributed by atoms with Gasteiger partial charge in [-0.1, -0.05) is 16.8 Å². The minimum Gasteiger partial charge on any atom is -0.611 e. The molecule has 3 rings (SSSR count). The standard InChI is InChI=1S/C17H17ClN4O4S/c1-10-14(11(2)23)7-19-22(17(10)24)8-16-20-15(21-26-16)9-27(25)13-5-3-12(18)4-6-13/h3-7,11,23H,8-9H2,1-2H3/t11-,27?/m1/s1. The average molecular weight is 409 g/mol. The fourth-order valence-electron chi connectivity index (χ4n) is 2.46. The highest BCUT2D eigenvalue weighted by Crippen LogP contribution is 2.18. The molecule has 10 heteroatoms. The van der Waals surface area contributed by atoms with Gasteiger partial charge in [0.05, 0.1) is 12.3 Å². The quantitative estimate of drug-likeness (QED) is 0.619. The highest BCUT2D eigenvalue weighted by Gasteiger charge is 2.18. The second-order valence-electron chi connectivity index (χ2n) is 5.91. The Labute approximate surface area is 163 Å². The molecule has 0 aliphatic heterocycles. The van der Waals surface area contributed by atoms with Crippen LogP contribution in [0.4, 0.5) is 0 Å². The van der Waals surface area contributed by atoms with Crippen molar-refractivity contribution < 1.29 is 14.2 Å². The average Bonchev–Trinajstić information content (AvgIpc) is 3.06. The van der Waals surface area contributed by atoms with Crippen molar-refractivity contribution in [2.24, 2.45) is 0 Å². The number of hydrogen-bond donors (Lipinski definition) is 1. The van der Waals surface area contributed by atoms with Crippen molar-refractivity contribution in [2.45, 2.75) is 37.1 Å². The molecular formula is C17H17ClN4O4S. The van der Waals surface area contributed by atoms with Crippen LogP contribution in [0, 0.1) is 6.92 Å². The van der Waals surface area contributed by atoms with Crippen molar-refractivity contribution >= 4 is 22.8 Å². The number of aliphatic hydroxyl groups excluding tert-OH is 1. The topological polar surface area (TPSA) is 117 Å². The van der Waals surface area contributed by atoms with E-state index in [1.807, 2.05) is 0 Å². The van der Waals surface area contributed by atoms with Crippen molar-refractivity contribution in [3.05, 3.63) is 68.7 Å². The van der Waals surface area contributed by atoms with Crippen molar-refractivity contribution in [1.82, 2.24) is 19.9 Å². The van der Waals surface area contributed by atoms with Gasteiger partial charge in [0.1, 0.15) is 6.54 Å². The van der Waals surface area contributed by atoms with Crippen LogP contribution < -0.4 is 5.56 Å². The number of aliphatic hydroxyl groups is 1. The molecule has 0 radical (unpaired) electrons. The number of benzene rings is 1. The zero-order valence-electron chi connectivity index (χ0n) is 14.6. The van der Waals surface area contributed by atoms with E-state index in [4.69, 9.17) is 16.1 Å². The lowest BCUT2D eigenvalue weighted by Gasteiger charge is -2.09. The molecule has 0 saturated heterocycles. The molecule has 0 spiro atoms. The summed E-state index contributed by atoms with van der Waals surface area (Å²) in [6, 6.07) is 6.67. The van der Waals surface area contributed by atoms with E-state index in [-0.39, 0.29) is 29.6 Å². The van der Waals surface area contributed by atoms with E-state index in [9.17, 15) is 14.5 Å². The zero-order valence-corrected chi connectivity index (χ0v) is 16.2. The molecule has 1 N–H and O–H groups in total. The molecule has 0 aliphatic rings. The van der Waals surface area contributed by atoms with Crippen LogP contribution in [0.15, 0.2) is 44.7 Å². The minimum absolute atomic E-state index is 0.0135. The lowest BCUT2D eigenvalue weighted by molar-refractivity contribution is 0.197. The Kier molecular flexibility index (Phi) is 5.95. The largest absolute Gasteiger partial charge is 0.611 e. The van der Waals surface area contributed by atoms with Gasteiger partial charge < -0.3 is 14.2 Å². The minimum atomic E-state index is -1.35. The third kappa shape index (κ3) is 4.56. The Morgan fingerprint density at radius 2 is 2.07 bits per heavy atom. The summed E-state index contributed by atoms with van der Waals surface area (Å²) in [5, 5.41) is 18.0. The van der Waals surface area contributed by atoms with Gasteiger partial charge in [0.25, 0.3) is 5.56 Å². The van der Waals surface area contributed by atoms with Gasteiger partial charge in [-0.3, -0.25) is 4.79 Å². The first-order valence-corrected chi connectivity index (χ1v) is 9.75. The SMILES string of the molecule is Cc1c([C@@H](C)O)cnn(Cc2nc(C[S+]([O-])c3ccc(Cl)cc3)no2)c1=O. The summed E-state index contributed by atoms with van der Waals surface area (Å²) in [6.45, 7) is 3.18. The molecule has 2 aromatic heterocycles. The Balaban J connectivity index is 1.72. The van der Waals surface area contributed by atoms with Gasteiger partial charge in [0, 0.05) is 16.1 Å². The molecule has 1 aromatic carbocycles. The predicted molar refractivity (Wildman–Crippen MR) is 98.8 cm³/mol. The fourth-order valence-corrected chi connectivity index (χ4v) is 3.54. The van der Waals surface area contributed by atoms with E-state index in [0.29, 0.717) is 21.0 Å². The molecule has 142 valence electrons. The first-order chi connectivity index (χ1) is 12.8. The lowest BCUT2D eigenvalue weighted by atomic mass is 10.1. The fraction of sp³-hybridized carbons (Fsp3) is 0.294. The summed E-state index contributed by atoms with van der Waals surface area (Å²) < 4.78 is 18.7. The van der Waals surface area contributed by atoms with Crippen LogP contribution >= 0.6 is 11.6 Å². The molecule has 8 nitrogen and oxygen atoms in total. The van der Waals surface area contributed by atoms with Crippen LogP contribution in [0.1, 0.15) is 35.9 Å². The summed E-state index contributed by atoms with van der Waals surface area (Å²) >= 11 is 4.47. The molecule has 0 bridgehead atoms. The van der Waals surface area contributed by atoms with Gasteiger partial charge >= 0.3 is 0 Å². The molecule has 2 heterocycles. The maximum absolute atomic E-state index is 12.3. The van der Waals surface area contributed by atoms with Gasteiger partial charge in [-0.05, 0) is 49.3 Å². The number of aromatic nitrogens is 4. The van der Waals surface area contributed by atoms with Gasteiger partial charge in [-0.15, -0.1) is 0 Å². The zero-order chi connectivity index (χ0) is 19.6. The Morgan fingerprint density at radius 1 is 1.37 bits per heavy atom. The smallest absolute Gasteiger partial charge is 0.270 e. The van der Waals surface area contributed by atoms with Gasteiger partial charge in [0.2, 0.25) is 11.7 Å². The van der Waals surface area contributed by atoms with Crippen LogP contribution in [0.25, 0.3) is 0 Å². The van der Waals surface area contributed by atoms with Crippen LogP contribution in [0.2, 0.25) is 5.02 Å². The molecule has 27 heavy (non-hydrogen) atoms. The van der Waals surface area contributed by atoms with E-state index in [2.05, 4.69) is 15.2 Å². The number of rotatable bonds is 6. The lowest BCUT2D eigenvalue weighted by Crippen LogP contribution is -2.27. The van der Waals surface area contributed by atoms with Crippen molar-refractivity contribution in [3.8, 4) is 0 Å². The molecule has 0 fully saturated rings. The number of hydrogen-bond acceptors (Lipinski definition) is 7. The van der Waals surface area contributed by atoms with E-state index < -0.39 is 17.3 Å². The van der Waals surface area contributed by atoms with E-state index in [1.54, 1.807) is 38.1 Å². The van der Waals surface area contributed by atoms with Crippen LogP contribution in [0.3, 0.4) is 0 Å². The summed E-state index contributed by atoms with van der Waals surface area (Å²) in [4.78, 5) is 17.1. The summed E-state index contributed by atoms with van der Waals surface area (Å²) in [6.07, 6.45) is 0.659. The second-order valence-corrected chi connectivity index (χ2v) is 7.80. The molecule has 2 atom stereocenters. The van der Waals surface area contributed by atoms with Crippen LogP contribution in [-0.4, -0.2) is 29.6 Å². The maximum atomic E-state index is 12.3. The van der Waals surface area contributed by atoms with E-state index in [0.717, 1.165) is 0 Å². The maximum Gasteiger partial charge on any atom is 0.270 e. The molecular weight excluding hydrogens is 392 g/mol. The van der Waals surface area contributed by atoms with Crippen LogP contribution in [-0.2, 0) is 23.5 Å². The highest BCUT2D eigenvalue weighted by atomic mass is 35.5. The van der Waals surface area contributed by atoms with Gasteiger partial charge in [0.15, 0.2) is 10.6 Å². The Bertz CT molecular complexity index is 987.